The van der Waals surface area contributed by atoms with E-state index in [4.69, 9.17) is 4.74 Å². The van der Waals surface area contributed by atoms with Crippen LogP contribution in [0.1, 0.15) is 40.5 Å². The number of aromatic hydroxyl groups is 1. The third-order valence-corrected chi connectivity index (χ3v) is 3.68. The van der Waals surface area contributed by atoms with Gasteiger partial charge >= 0.3 is 0 Å². The van der Waals surface area contributed by atoms with Gasteiger partial charge in [-0.1, -0.05) is 31.5 Å². The van der Waals surface area contributed by atoms with E-state index in [1.165, 1.54) is 24.1 Å². The molecule has 0 bridgehead atoms. The highest BCUT2D eigenvalue weighted by Gasteiger charge is 2.26. The average molecular weight is 327 g/mol. The highest BCUT2D eigenvalue weighted by molar-refractivity contribution is 6.11. The monoisotopic (exact) mass is 327 g/mol. The van der Waals surface area contributed by atoms with Gasteiger partial charge in [0.05, 0.1) is 12.7 Å². The molecule has 0 aliphatic carbocycles. The maximum Gasteiger partial charge on any atom is 0.264 e. The van der Waals surface area contributed by atoms with Crippen molar-refractivity contribution < 1.29 is 19.4 Å². The van der Waals surface area contributed by atoms with Gasteiger partial charge in [-0.15, -0.1) is 0 Å². The molecule has 0 aliphatic rings. The first-order chi connectivity index (χ1) is 11.6. The van der Waals surface area contributed by atoms with Gasteiger partial charge in [0, 0.05) is 12.1 Å². The van der Waals surface area contributed by atoms with Crippen LogP contribution in [0.5, 0.6) is 11.5 Å². The minimum Gasteiger partial charge on any atom is -0.507 e. The van der Waals surface area contributed by atoms with Gasteiger partial charge < -0.3 is 9.84 Å². The summed E-state index contributed by atoms with van der Waals surface area (Å²) in [5.41, 5.74) is 0.485. The molecule has 0 spiro atoms. The summed E-state index contributed by atoms with van der Waals surface area (Å²) in [6, 6.07) is 13.0. The van der Waals surface area contributed by atoms with Crippen molar-refractivity contribution in [2.45, 2.75) is 19.8 Å². The zero-order valence-corrected chi connectivity index (χ0v) is 13.9. The van der Waals surface area contributed by atoms with Gasteiger partial charge in [-0.25, -0.2) is 0 Å². The lowest BCUT2D eigenvalue weighted by Gasteiger charge is -2.21. The van der Waals surface area contributed by atoms with Gasteiger partial charge in [0.1, 0.15) is 11.5 Å². The van der Waals surface area contributed by atoms with Crippen molar-refractivity contribution >= 4 is 11.8 Å². The van der Waals surface area contributed by atoms with Gasteiger partial charge in [-0.05, 0) is 36.8 Å². The molecule has 126 valence electrons. The summed E-state index contributed by atoms with van der Waals surface area (Å²) in [7, 11) is 1.48. The largest absolute Gasteiger partial charge is 0.507 e. The topological polar surface area (TPSA) is 66.8 Å². The zero-order valence-electron chi connectivity index (χ0n) is 13.9. The second kappa shape index (κ2) is 8.15. The Hall–Kier alpha value is -2.82. The number of carbonyl (C=O) groups is 2. The molecule has 24 heavy (non-hydrogen) atoms. The molecular weight excluding hydrogens is 306 g/mol. The van der Waals surface area contributed by atoms with Crippen LogP contribution >= 0.6 is 0 Å². The van der Waals surface area contributed by atoms with Crippen molar-refractivity contribution in [2.24, 2.45) is 0 Å². The van der Waals surface area contributed by atoms with E-state index in [0.29, 0.717) is 24.3 Å². The number of phenolic OH excluding ortho intramolecular Hbond substituents is 1. The molecule has 5 nitrogen and oxygen atoms in total. The number of methoxy groups -OCH3 is 1. The number of hydrogen-bond acceptors (Lipinski definition) is 4. The van der Waals surface area contributed by atoms with E-state index in [9.17, 15) is 14.7 Å². The molecule has 0 fully saturated rings. The Morgan fingerprint density at radius 3 is 2.42 bits per heavy atom. The fraction of sp³-hybridized carbons (Fsp3) is 0.263. The number of carbonyl (C=O) groups excluding carboxylic acids is 2. The molecule has 0 aromatic heterocycles. The van der Waals surface area contributed by atoms with Crippen molar-refractivity contribution in [1.29, 1.82) is 0 Å². The normalized spacial score (nSPS) is 10.2. The van der Waals surface area contributed by atoms with E-state index in [-0.39, 0.29) is 17.2 Å². The number of rotatable bonds is 6. The van der Waals surface area contributed by atoms with Crippen LogP contribution in [0.3, 0.4) is 0 Å². The minimum atomic E-state index is -0.534. The van der Waals surface area contributed by atoms with E-state index >= 15 is 0 Å². The molecule has 1 N–H and O–H groups in total. The highest BCUT2D eigenvalue weighted by atomic mass is 16.5. The number of ether oxygens (including phenoxy) is 1. The third kappa shape index (κ3) is 3.93. The predicted molar refractivity (Wildman–Crippen MR) is 91.4 cm³/mol. The summed E-state index contributed by atoms with van der Waals surface area (Å²) in [4.78, 5) is 26.7. The lowest BCUT2D eigenvalue weighted by atomic mass is 10.1. The highest BCUT2D eigenvalue weighted by Crippen LogP contribution is 2.25. The Balaban J connectivity index is 2.37. The Morgan fingerprint density at radius 1 is 1.08 bits per heavy atom. The van der Waals surface area contributed by atoms with E-state index < -0.39 is 5.91 Å². The van der Waals surface area contributed by atoms with Gasteiger partial charge in [-0.3, -0.25) is 14.5 Å². The number of unbranched alkanes of at least 4 members (excludes halogenated alkanes) is 1. The van der Waals surface area contributed by atoms with Crippen LogP contribution in [0.25, 0.3) is 0 Å². The molecule has 0 saturated carbocycles. The van der Waals surface area contributed by atoms with Crippen molar-refractivity contribution in [1.82, 2.24) is 4.90 Å². The second-order valence-corrected chi connectivity index (χ2v) is 5.36. The van der Waals surface area contributed by atoms with Crippen LogP contribution in [0.2, 0.25) is 0 Å². The predicted octanol–water partition coefficient (Wildman–Crippen LogP) is 3.48. The molecule has 0 heterocycles. The number of benzene rings is 2. The maximum absolute atomic E-state index is 12.8. The first kappa shape index (κ1) is 17.5. The van der Waals surface area contributed by atoms with E-state index in [1.54, 1.807) is 30.3 Å². The second-order valence-electron chi connectivity index (χ2n) is 5.36. The molecule has 0 unspecified atom stereocenters. The van der Waals surface area contributed by atoms with Crippen molar-refractivity contribution in [3.8, 4) is 11.5 Å². The quantitative estimate of drug-likeness (QED) is 0.825. The average Bonchev–Trinajstić information content (AvgIpc) is 2.62. The summed E-state index contributed by atoms with van der Waals surface area (Å²) >= 11 is 0. The number of hydrogen-bond donors (Lipinski definition) is 1. The van der Waals surface area contributed by atoms with Gasteiger partial charge in [0.25, 0.3) is 11.8 Å². The molecule has 0 atom stereocenters. The van der Waals surface area contributed by atoms with E-state index in [1.807, 2.05) is 13.0 Å². The molecule has 2 aromatic rings. The van der Waals surface area contributed by atoms with Crippen LogP contribution in [0.4, 0.5) is 0 Å². The van der Waals surface area contributed by atoms with Crippen LogP contribution in [-0.2, 0) is 0 Å². The molecule has 2 amide bonds. The van der Waals surface area contributed by atoms with Crippen LogP contribution < -0.4 is 4.74 Å². The van der Waals surface area contributed by atoms with Gasteiger partial charge in [-0.2, -0.15) is 0 Å². The molecule has 0 saturated heterocycles. The van der Waals surface area contributed by atoms with Crippen LogP contribution in [-0.4, -0.2) is 35.5 Å². The number of imide groups is 1. The standard InChI is InChI=1S/C19H21NO4/c1-3-4-12-20(18(22)14-8-6-5-7-9-14)19(23)16-13-15(24-2)10-11-17(16)21/h5-11,13,21H,3-4,12H2,1-2H3. The van der Waals surface area contributed by atoms with Crippen molar-refractivity contribution in [2.75, 3.05) is 13.7 Å². The third-order valence-electron chi connectivity index (χ3n) is 3.68. The molecule has 0 aliphatic heterocycles. The van der Waals surface area contributed by atoms with Crippen molar-refractivity contribution in [3.63, 3.8) is 0 Å². The first-order valence-corrected chi connectivity index (χ1v) is 7.86. The Kier molecular flexibility index (Phi) is 5.95. The fourth-order valence-corrected chi connectivity index (χ4v) is 2.31. The summed E-state index contributed by atoms with van der Waals surface area (Å²) in [6.45, 7) is 2.28. The smallest absolute Gasteiger partial charge is 0.264 e. The first-order valence-electron chi connectivity index (χ1n) is 7.86. The Bertz CT molecular complexity index is 713. The molecule has 0 radical (unpaired) electrons. The molecule has 2 aromatic carbocycles. The molecule has 5 heteroatoms. The molecular formula is C19H21NO4. The van der Waals surface area contributed by atoms with Crippen LogP contribution in [0.15, 0.2) is 48.5 Å². The minimum absolute atomic E-state index is 0.0507. The Labute approximate surface area is 141 Å². The van der Waals surface area contributed by atoms with Crippen LogP contribution in [0, 0.1) is 0 Å². The maximum atomic E-state index is 12.8. The molecule has 2 rings (SSSR count). The SMILES string of the molecule is CCCCN(C(=O)c1ccccc1)C(=O)c1cc(OC)ccc1O. The zero-order chi connectivity index (χ0) is 17.5. The Morgan fingerprint density at radius 2 is 1.79 bits per heavy atom. The summed E-state index contributed by atoms with van der Waals surface area (Å²) < 4.78 is 5.10. The summed E-state index contributed by atoms with van der Waals surface area (Å²) in [6.07, 6.45) is 1.53. The van der Waals surface area contributed by atoms with Crippen molar-refractivity contribution in [3.05, 3.63) is 59.7 Å². The van der Waals surface area contributed by atoms with E-state index in [2.05, 4.69) is 0 Å². The number of nitrogens with zero attached hydrogens (tertiary/aromatic N) is 1. The summed E-state index contributed by atoms with van der Waals surface area (Å²) in [5, 5.41) is 10.0. The number of amides is 2. The summed E-state index contributed by atoms with van der Waals surface area (Å²) in [5.74, 6) is -0.646. The fourth-order valence-electron chi connectivity index (χ4n) is 2.31. The van der Waals surface area contributed by atoms with E-state index in [0.717, 1.165) is 6.42 Å². The van der Waals surface area contributed by atoms with Gasteiger partial charge in [0.15, 0.2) is 0 Å². The van der Waals surface area contributed by atoms with Gasteiger partial charge in [0.2, 0.25) is 0 Å². The lowest BCUT2D eigenvalue weighted by molar-refractivity contribution is 0.0612. The number of phenols is 1. The lowest BCUT2D eigenvalue weighted by Crippen LogP contribution is -2.37.